The lowest BCUT2D eigenvalue weighted by molar-refractivity contribution is -0.125. The van der Waals surface area contributed by atoms with Crippen LogP contribution in [0.15, 0.2) is 48.5 Å². The molecule has 2 aromatic carbocycles. The van der Waals surface area contributed by atoms with Crippen molar-refractivity contribution in [2.45, 2.75) is 32.4 Å². The molecule has 0 aromatic heterocycles. The van der Waals surface area contributed by atoms with E-state index in [4.69, 9.17) is 0 Å². The largest absolute Gasteiger partial charge is 0.353 e. The lowest BCUT2D eigenvalue weighted by Gasteiger charge is -2.23. The van der Waals surface area contributed by atoms with Gasteiger partial charge in [0.15, 0.2) is 0 Å². The summed E-state index contributed by atoms with van der Waals surface area (Å²) in [4.78, 5) is 26.8. The molecule has 0 aliphatic carbocycles. The smallest absolute Gasteiger partial charge is 0.251 e. The summed E-state index contributed by atoms with van der Waals surface area (Å²) in [6, 6.07) is 14.4. The van der Waals surface area contributed by atoms with Crippen molar-refractivity contribution < 1.29 is 14.0 Å². The highest BCUT2D eigenvalue weighted by atomic mass is 19.1. The molecule has 1 atom stereocenters. The first-order chi connectivity index (χ1) is 13.5. The summed E-state index contributed by atoms with van der Waals surface area (Å²) in [5.41, 5.74) is 1.97. The van der Waals surface area contributed by atoms with E-state index in [1.165, 1.54) is 11.6 Å². The Bertz CT molecular complexity index is 826. The minimum Gasteiger partial charge on any atom is -0.353 e. The number of carbonyl (C=O) groups excluding carboxylic acids is 2. The first kappa shape index (κ1) is 20.0. The number of carbonyl (C=O) groups is 2. The van der Waals surface area contributed by atoms with Gasteiger partial charge in [0.2, 0.25) is 5.91 Å². The molecule has 2 N–H and O–H groups in total. The molecule has 0 saturated carbocycles. The van der Waals surface area contributed by atoms with Crippen LogP contribution in [-0.2, 0) is 11.3 Å². The van der Waals surface area contributed by atoms with Gasteiger partial charge >= 0.3 is 0 Å². The predicted octanol–water partition coefficient (Wildman–Crippen LogP) is 2.64. The van der Waals surface area contributed by atoms with E-state index in [1.54, 1.807) is 19.1 Å². The van der Waals surface area contributed by atoms with E-state index in [1.807, 2.05) is 18.2 Å². The number of nitrogens with one attached hydrogen (secondary N) is 2. The van der Waals surface area contributed by atoms with Crippen LogP contribution in [0.4, 0.5) is 4.39 Å². The highest BCUT2D eigenvalue weighted by molar-refractivity contribution is 5.94. The van der Waals surface area contributed by atoms with Crippen molar-refractivity contribution in [1.29, 1.82) is 0 Å². The molecule has 0 spiro atoms. The Morgan fingerprint density at radius 2 is 1.86 bits per heavy atom. The summed E-state index contributed by atoms with van der Waals surface area (Å²) in [6.45, 7) is 3.95. The topological polar surface area (TPSA) is 61.4 Å². The number of aryl methyl sites for hydroxylation is 1. The van der Waals surface area contributed by atoms with Crippen molar-refractivity contribution in [2.24, 2.45) is 0 Å². The second kappa shape index (κ2) is 9.46. The third-order valence-corrected chi connectivity index (χ3v) is 5.04. The van der Waals surface area contributed by atoms with E-state index in [0.717, 1.165) is 25.9 Å². The predicted molar refractivity (Wildman–Crippen MR) is 106 cm³/mol. The van der Waals surface area contributed by atoms with Crippen LogP contribution in [0.25, 0.3) is 0 Å². The Balaban J connectivity index is 1.43. The van der Waals surface area contributed by atoms with Crippen molar-refractivity contribution in [1.82, 2.24) is 15.5 Å². The molecule has 1 fully saturated rings. The SMILES string of the molecule is Cc1ccc(C(=O)NCCNC(=O)C2CCCN2Cc2ccccc2)cc1F. The molecular formula is C22H26FN3O2. The summed E-state index contributed by atoms with van der Waals surface area (Å²) in [5, 5.41) is 5.61. The first-order valence-corrected chi connectivity index (χ1v) is 9.64. The molecule has 5 nitrogen and oxygen atoms in total. The molecule has 1 saturated heterocycles. The molecule has 2 aromatic rings. The molecule has 1 heterocycles. The number of halogens is 1. The number of hydrogen-bond acceptors (Lipinski definition) is 3. The van der Waals surface area contributed by atoms with Gasteiger partial charge in [-0.3, -0.25) is 14.5 Å². The maximum atomic E-state index is 13.6. The maximum absolute atomic E-state index is 13.6. The lowest BCUT2D eigenvalue weighted by Crippen LogP contribution is -2.45. The van der Waals surface area contributed by atoms with Crippen LogP contribution in [0.3, 0.4) is 0 Å². The lowest BCUT2D eigenvalue weighted by atomic mass is 10.1. The number of likely N-dealkylation sites (tertiary alicyclic amines) is 1. The quantitative estimate of drug-likeness (QED) is 0.723. The zero-order valence-corrected chi connectivity index (χ0v) is 16.1. The van der Waals surface area contributed by atoms with Gasteiger partial charge in [-0.05, 0) is 49.6 Å². The Morgan fingerprint density at radius 1 is 1.11 bits per heavy atom. The summed E-state index contributed by atoms with van der Waals surface area (Å²) in [6.07, 6.45) is 1.84. The van der Waals surface area contributed by atoms with Gasteiger partial charge < -0.3 is 10.6 Å². The standard InChI is InChI=1S/C22H26FN3O2/c1-16-9-10-18(14-19(16)23)21(27)24-11-12-25-22(28)20-8-5-13-26(20)15-17-6-3-2-4-7-17/h2-4,6-7,9-10,14,20H,5,8,11-13,15H2,1H3,(H,24,27)(H,25,28). The maximum Gasteiger partial charge on any atom is 0.251 e. The zero-order chi connectivity index (χ0) is 19.9. The molecule has 28 heavy (non-hydrogen) atoms. The molecule has 0 bridgehead atoms. The third kappa shape index (κ3) is 5.16. The zero-order valence-electron chi connectivity index (χ0n) is 16.1. The molecule has 2 amide bonds. The fourth-order valence-electron chi connectivity index (χ4n) is 3.45. The molecule has 3 rings (SSSR count). The molecule has 1 unspecified atom stereocenters. The summed E-state index contributed by atoms with van der Waals surface area (Å²) < 4.78 is 13.6. The van der Waals surface area contributed by atoms with Gasteiger partial charge in [-0.25, -0.2) is 4.39 Å². The number of hydrogen-bond donors (Lipinski definition) is 2. The van der Waals surface area contributed by atoms with Crippen molar-refractivity contribution in [3.8, 4) is 0 Å². The van der Waals surface area contributed by atoms with Crippen LogP contribution in [0.5, 0.6) is 0 Å². The Hall–Kier alpha value is -2.73. The highest BCUT2D eigenvalue weighted by Gasteiger charge is 2.30. The van der Waals surface area contributed by atoms with Crippen LogP contribution in [-0.4, -0.2) is 42.4 Å². The van der Waals surface area contributed by atoms with E-state index in [-0.39, 0.29) is 23.4 Å². The second-order valence-electron chi connectivity index (χ2n) is 7.12. The molecule has 0 radical (unpaired) electrons. The molecule has 1 aliphatic rings. The van der Waals surface area contributed by atoms with E-state index in [9.17, 15) is 14.0 Å². The fourth-order valence-corrected chi connectivity index (χ4v) is 3.45. The van der Waals surface area contributed by atoms with Crippen molar-refractivity contribution in [3.05, 3.63) is 71.0 Å². The number of rotatable bonds is 7. The summed E-state index contributed by atoms with van der Waals surface area (Å²) in [7, 11) is 0. The van der Waals surface area contributed by atoms with Gasteiger partial charge in [-0.15, -0.1) is 0 Å². The van der Waals surface area contributed by atoms with Crippen molar-refractivity contribution >= 4 is 11.8 Å². The molecule has 6 heteroatoms. The van der Waals surface area contributed by atoms with E-state index in [2.05, 4.69) is 27.7 Å². The van der Waals surface area contributed by atoms with Crippen LogP contribution < -0.4 is 10.6 Å². The highest BCUT2D eigenvalue weighted by Crippen LogP contribution is 2.20. The number of amides is 2. The van der Waals surface area contributed by atoms with Gasteiger partial charge in [0, 0.05) is 25.2 Å². The fraction of sp³-hybridized carbons (Fsp3) is 0.364. The van der Waals surface area contributed by atoms with Gasteiger partial charge in [0.25, 0.3) is 5.91 Å². The van der Waals surface area contributed by atoms with Gasteiger partial charge in [0.05, 0.1) is 6.04 Å². The van der Waals surface area contributed by atoms with Crippen LogP contribution in [0, 0.1) is 12.7 Å². The van der Waals surface area contributed by atoms with Gasteiger partial charge in [-0.2, -0.15) is 0 Å². The van der Waals surface area contributed by atoms with E-state index in [0.29, 0.717) is 18.7 Å². The van der Waals surface area contributed by atoms with Crippen LogP contribution in [0.2, 0.25) is 0 Å². The van der Waals surface area contributed by atoms with E-state index >= 15 is 0 Å². The molecule has 148 valence electrons. The van der Waals surface area contributed by atoms with Crippen molar-refractivity contribution in [2.75, 3.05) is 19.6 Å². The van der Waals surface area contributed by atoms with Crippen molar-refractivity contribution in [3.63, 3.8) is 0 Å². The summed E-state index contributed by atoms with van der Waals surface area (Å²) in [5.74, 6) is -0.760. The average Bonchev–Trinajstić information content (AvgIpc) is 3.16. The second-order valence-corrected chi connectivity index (χ2v) is 7.12. The minimum absolute atomic E-state index is 0.0101. The first-order valence-electron chi connectivity index (χ1n) is 9.64. The van der Waals surface area contributed by atoms with Gasteiger partial charge in [0.1, 0.15) is 5.82 Å². The number of benzene rings is 2. The molecular weight excluding hydrogens is 357 g/mol. The molecule has 1 aliphatic heterocycles. The Morgan fingerprint density at radius 3 is 2.61 bits per heavy atom. The monoisotopic (exact) mass is 383 g/mol. The minimum atomic E-state index is -0.402. The Kier molecular flexibility index (Phi) is 6.76. The number of nitrogens with zero attached hydrogens (tertiary/aromatic N) is 1. The third-order valence-electron chi connectivity index (χ3n) is 5.04. The average molecular weight is 383 g/mol. The Labute approximate surface area is 164 Å². The normalized spacial score (nSPS) is 16.7. The van der Waals surface area contributed by atoms with Crippen LogP contribution >= 0.6 is 0 Å². The van der Waals surface area contributed by atoms with Crippen LogP contribution in [0.1, 0.15) is 34.3 Å². The van der Waals surface area contributed by atoms with Gasteiger partial charge in [-0.1, -0.05) is 36.4 Å². The summed E-state index contributed by atoms with van der Waals surface area (Å²) >= 11 is 0. The van der Waals surface area contributed by atoms with E-state index < -0.39 is 5.82 Å².